The predicted molar refractivity (Wildman–Crippen MR) is 74.5 cm³/mol. The summed E-state index contributed by atoms with van der Waals surface area (Å²) in [5.74, 6) is 0.597. The van der Waals surface area contributed by atoms with Crippen LogP contribution < -0.4 is 11.5 Å². The predicted octanol–water partition coefficient (Wildman–Crippen LogP) is 2.37. The summed E-state index contributed by atoms with van der Waals surface area (Å²) < 4.78 is 0.868. The van der Waals surface area contributed by atoms with E-state index in [1.54, 1.807) is 12.1 Å². The van der Waals surface area contributed by atoms with Crippen LogP contribution in [0, 0.1) is 0 Å². The number of carbonyl (C=O) groups is 1. The van der Waals surface area contributed by atoms with Gasteiger partial charge in [0.25, 0.3) is 0 Å². The van der Waals surface area contributed by atoms with Crippen LogP contribution in [-0.2, 0) is 0 Å². The highest BCUT2D eigenvalue weighted by Gasteiger charge is 2.08. The zero-order valence-electron chi connectivity index (χ0n) is 9.13. The maximum Gasteiger partial charge on any atom is 0.196 e. The van der Waals surface area contributed by atoms with Crippen LogP contribution in [0.4, 0.5) is 11.6 Å². The van der Waals surface area contributed by atoms with Crippen molar-refractivity contribution < 1.29 is 4.79 Å². The molecule has 0 aliphatic carbocycles. The van der Waals surface area contributed by atoms with Gasteiger partial charge in [0.2, 0.25) is 0 Å². The molecule has 0 atom stereocenters. The number of aldehydes is 1. The molecule has 4 N–H and O–H groups in total. The molecule has 0 saturated carbocycles. The minimum Gasteiger partial charge on any atom is -0.383 e. The number of rotatable bonds is 3. The second kappa shape index (κ2) is 5.36. The number of hydrogen-bond acceptors (Lipinski definition) is 6. The Morgan fingerprint density at radius 2 is 1.83 bits per heavy atom. The van der Waals surface area contributed by atoms with E-state index >= 15 is 0 Å². The average Bonchev–Trinajstić information content (AvgIpc) is 2.27. The van der Waals surface area contributed by atoms with E-state index in [0.717, 1.165) is 15.7 Å². The Bertz CT molecular complexity index is 585. The van der Waals surface area contributed by atoms with Gasteiger partial charge in [-0.2, -0.15) is 0 Å². The second-order valence-electron chi connectivity index (χ2n) is 3.40. The summed E-state index contributed by atoms with van der Waals surface area (Å²) in [6, 6.07) is 6.81. The number of hydrogen-bond donors (Lipinski definition) is 2. The summed E-state index contributed by atoms with van der Waals surface area (Å²) in [6.07, 6.45) is 0.782. The lowest BCUT2D eigenvalue weighted by molar-refractivity contribution is 0.112. The van der Waals surface area contributed by atoms with Crippen molar-refractivity contribution in [3.8, 4) is 0 Å². The Balaban J connectivity index is 2.38. The van der Waals surface area contributed by atoms with Crippen molar-refractivity contribution in [2.75, 3.05) is 11.5 Å². The van der Waals surface area contributed by atoms with Crippen LogP contribution in [-0.4, -0.2) is 16.3 Å². The van der Waals surface area contributed by atoms with Gasteiger partial charge < -0.3 is 11.5 Å². The third-order valence-corrected chi connectivity index (χ3v) is 3.48. The fourth-order valence-electron chi connectivity index (χ4n) is 1.30. The number of nitrogens with zero attached hydrogens (tertiary/aromatic N) is 2. The number of carbonyl (C=O) groups excluding carboxylic acids is 1. The molecule has 0 aliphatic rings. The highest BCUT2D eigenvalue weighted by Crippen LogP contribution is 2.30. The monoisotopic (exact) mass is 324 g/mol. The summed E-state index contributed by atoms with van der Waals surface area (Å²) in [7, 11) is 0. The summed E-state index contributed by atoms with van der Waals surface area (Å²) in [5, 5.41) is 0.411. The van der Waals surface area contributed by atoms with Gasteiger partial charge in [-0.3, -0.25) is 4.79 Å². The van der Waals surface area contributed by atoms with Gasteiger partial charge in [0.1, 0.15) is 11.6 Å². The summed E-state index contributed by atoms with van der Waals surface area (Å²) in [5.41, 5.74) is 11.7. The third-order valence-electron chi connectivity index (χ3n) is 2.05. The van der Waals surface area contributed by atoms with Crippen LogP contribution in [0.15, 0.2) is 38.8 Å². The Kier molecular flexibility index (Phi) is 3.83. The molecule has 0 bridgehead atoms. The molecule has 0 aliphatic heterocycles. The first-order chi connectivity index (χ1) is 8.58. The Morgan fingerprint density at radius 3 is 2.44 bits per heavy atom. The molecule has 7 heteroatoms. The van der Waals surface area contributed by atoms with Crippen LogP contribution in [0.2, 0.25) is 0 Å². The highest BCUT2D eigenvalue weighted by molar-refractivity contribution is 9.10. The SMILES string of the molecule is Nc1cc(N)nc(Sc2cc(Br)ccc2C=O)n1. The van der Waals surface area contributed by atoms with E-state index in [1.165, 1.54) is 17.8 Å². The van der Waals surface area contributed by atoms with Crippen LogP contribution >= 0.6 is 27.7 Å². The van der Waals surface area contributed by atoms with Gasteiger partial charge in [0.15, 0.2) is 11.4 Å². The molecule has 18 heavy (non-hydrogen) atoms. The molecule has 1 heterocycles. The molecular weight excluding hydrogens is 316 g/mol. The van der Waals surface area contributed by atoms with E-state index in [1.807, 2.05) is 6.07 Å². The first-order valence-electron chi connectivity index (χ1n) is 4.91. The first-order valence-corrected chi connectivity index (χ1v) is 6.52. The van der Waals surface area contributed by atoms with Crippen molar-refractivity contribution in [3.05, 3.63) is 34.3 Å². The molecule has 2 aromatic rings. The summed E-state index contributed by atoms with van der Waals surface area (Å²) in [6.45, 7) is 0. The molecule has 0 fully saturated rings. The quantitative estimate of drug-likeness (QED) is 0.664. The minimum atomic E-state index is 0.299. The fraction of sp³-hybridized carbons (Fsp3) is 0. The second-order valence-corrected chi connectivity index (χ2v) is 5.33. The third kappa shape index (κ3) is 2.99. The zero-order chi connectivity index (χ0) is 13.1. The van der Waals surface area contributed by atoms with Gasteiger partial charge in [-0.25, -0.2) is 9.97 Å². The molecule has 0 radical (unpaired) electrons. The van der Waals surface area contributed by atoms with Gasteiger partial charge in [0.05, 0.1) is 0 Å². The molecule has 5 nitrogen and oxygen atoms in total. The molecule has 0 amide bonds. The van der Waals surface area contributed by atoms with Crippen LogP contribution in [0.1, 0.15) is 10.4 Å². The molecular formula is C11H9BrN4OS. The van der Waals surface area contributed by atoms with E-state index < -0.39 is 0 Å². The topological polar surface area (TPSA) is 94.9 Å². The van der Waals surface area contributed by atoms with Crippen LogP contribution in [0.5, 0.6) is 0 Å². The Hall–Kier alpha value is -1.60. The smallest absolute Gasteiger partial charge is 0.196 e. The normalized spacial score (nSPS) is 10.3. The first kappa shape index (κ1) is 12.8. The number of anilines is 2. The molecule has 2 rings (SSSR count). The number of nitrogen functional groups attached to an aromatic ring is 2. The van der Waals surface area contributed by atoms with Crippen molar-refractivity contribution in [2.24, 2.45) is 0 Å². The minimum absolute atomic E-state index is 0.299. The lowest BCUT2D eigenvalue weighted by Crippen LogP contribution is -1.99. The maximum atomic E-state index is 10.9. The largest absolute Gasteiger partial charge is 0.383 e. The van der Waals surface area contributed by atoms with Crippen LogP contribution in [0.3, 0.4) is 0 Å². The molecule has 0 unspecified atom stereocenters. The molecule has 0 saturated heterocycles. The zero-order valence-corrected chi connectivity index (χ0v) is 11.5. The van der Waals surface area contributed by atoms with Gasteiger partial charge >= 0.3 is 0 Å². The van der Waals surface area contributed by atoms with Crippen molar-refractivity contribution >= 4 is 45.6 Å². The standard InChI is InChI=1S/C11H9BrN4OS/c12-7-2-1-6(5-17)8(3-7)18-11-15-9(13)4-10(14)16-11/h1-5H,(H4,13,14,15,16). The van der Waals surface area contributed by atoms with Crippen molar-refractivity contribution in [1.29, 1.82) is 0 Å². The molecule has 1 aromatic heterocycles. The van der Waals surface area contributed by atoms with Crippen LogP contribution in [0.25, 0.3) is 0 Å². The average molecular weight is 325 g/mol. The number of nitrogens with two attached hydrogens (primary N) is 2. The van der Waals surface area contributed by atoms with Crippen molar-refractivity contribution in [1.82, 2.24) is 9.97 Å². The lowest BCUT2D eigenvalue weighted by atomic mass is 10.2. The summed E-state index contributed by atoms with van der Waals surface area (Å²) >= 11 is 4.59. The van der Waals surface area contributed by atoms with E-state index in [-0.39, 0.29) is 0 Å². The van der Waals surface area contributed by atoms with E-state index in [0.29, 0.717) is 22.4 Å². The van der Waals surface area contributed by atoms with E-state index in [2.05, 4.69) is 25.9 Å². The van der Waals surface area contributed by atoms with Crippen molar-refractivity contribution in [3.63, 3.8) is 0 Å². The number of halogens is 1. The summed E-state index contributed by atoms with van der Waals surface area (Å²) in [4.78, 5) is 19.8. The van der Waals surface area contributed by atoms with Crippen molar-refractivity contribution in [2.45, 2.75) is 10.1 Å². The van der Waals surface area contributed by atoms with Gasteiger partial charge in [-0.1, -0.05) is 15.9 Å². The van der Waals surface area contributed by atoms with Gasteiger partial charge in [-0.15, -0.1) is 0 Å². The number of benzene rings is 1. The number of aromatic nitrogens is 2. The Morgan fingerprint density at radius 1 is 1.17 bits per heavy atom. The maximum absolute atomic E-state index is 10.9. The lowest BCUT2D eigenvalue weighted by Gasteiger charge is -2.05. The van der Waals surface area contributed by atoms with Gasteiger partial charge in [-0.05, 0) is 30.0 Å². The van der Waals surface area contributed by atoms with Gasteiger partial charge in [0, 0.05) is 21.0 Å². The van der Waals surface area contributed by atoms with E-state index in [4.69, 9.17) is 11.5 Å². The van der Waals surface area contributed by atoms with E-state index in [9.17, 15) is 4.79 Å². The molecule has 1 aromatic carbocycles. The highest BCUT2D eigenvalue weighted by atomic mass is 79.9. The molecule has 92 valence electrons. The Labute approximate surface area is 116 Å². The fourth-order valence-corrected chi connectivity index (χ4v) is 2.73. The molecule has 0 spiro atoms.